The number of hydrogen-bond acceptors (Lipinski definition) is 10. The monoisotopic (exact) mass is 463 g/mol. The zero-order valence-electron chi connectivity index (χ0n) is 18.3. The van der Waals surface area contributed by atoms with Crippen LogP contribution in [0.3, 0.4) is 0 Å². The number of ether oxygens (including phenoxy) is 2. The summed E-state index contributed by atoms with van der Waals surface area (Å²) in [5.41, 5.74) is 0.891. The van der Waals surface area contributed by atoms with Gasteiger partial charge in [-0.3, -0.25) is 4.90 Å². The van der Waals surface area contributed by atoms with Gasteiger partial charge in [0.2, 0.25) is 5.95 Å². The van der Waals surface area contributed by atoms with Crippen LogP contribution in [0.2, 0.25) is 0 Å². The molecule has 1 saturated heterocycles. The molecular formula is C22H22FN9O2. The van der Waals surface area contributed by atoms with E-state index < -0.39 is 5.82 Å². The molecule has 2 fully saturated rings. The van der Waals surface area contributed by atoms with Crippen molar-refractivity contribution >= 4 is 23.1 Å². The van der Waals surface area contributed by atoms with Crippen molar-refractivity contribution in [3.8, 4) is 17.9 Å². The number of nitrogens with one attached hydrogen (secondary N) is 2. The predicted molar refractivity (Wildman–Crippen MR) is 119 cm³/mol. The van der Waals surface area contributed by atoms with Gasteiger partial charge in [-0.1, -0.05) is 0 Å². The minimum Gasteiger partial charge on any atom is -0.490 e. The van der Waals surface area contributed by atoms with Gasteiger partial charge < -0.3 is 20.1 Å². The molecule has 2 N–H and O–H groups in total. The molecule has 3 heterocycles. The minimum atomic E-state index is -0.678. The number of morpholine rings is 1. The summed E-state index contributed by atoms with van der Waals surface area (Å²) >= 11 is 0. The number of halogens is 1. The Kier molecular flexibility index (Phi) is 6.08. The lowest BCUT2D eigenvalue weighted by Crippen LogP contribution is -2.38. The smallest absolute Gasteiger partial charge is 0.247 e. The first kappa shape index (κ1) is 21.8. The molecule has 1 aliphatic carbocycles. The molecule has 1 aliphatic heterocycles. The summed E-state index contributed by atoms with van der Waals surface area (Å²) < 4.78 is 27.0. The molecule has 0 spiro atoms. The molecule has 1 aromatic carbocycles. The third-order valence-electron chi connectivity index (χ3n) is 5.60. The second-order valence-corrected chi connectivity index (χ2v) is 8.06. The van der Waals surface area contributed by atoms with E-state index in [2.05, 4.69) is 36.7 Å². The van der Waals surface area contributed by atoms with Crippen LogP contribution in [0, 0.1) is 28.5 Å². The van der Waals surface area contributed by atoms with Crippen LogP contribution in [0.15, 0.2) is 18.3 Å². The lowest BCUT2D eigenvalue weighted by Gasteiger charge is -2.26. The van der Waals surface area contributed by atoms with Crippen LogP contribution < -0.4 is 15.4 Å². The van der Waals surface area contributed by atoms with E-state index in [9.17, 15) is 14.9 Å². The highest BCUT2D eigenvalue weighted by atomic mass is 19.1. The molecule has 5 rings (SSSR count). The molecule has 0 amide bonds. The van der Waals surface area contributed by atoms with E-state index >= 15 is 0 Å². The van der Waals surface area contributed by atoms with Crippen LogP contribution in [0.5, 0.6) is 5.75 Å². The lowest BCUT2D eigenvalue weighted by molar-refractivity contribution is 0.0323. The van der Waals surface area contributed by atoms with Crippen LogP contribution in [0.4, 0.5) is 21.8 Å². The number of benzene rings is 1. The van der Waals surface area contributed by atoms with Gasteiger partial charge in [-0.15, -0.1) is 5.10 Å². The number of hydrogen-bond donors (Lipinski definition) is 2. The predicted octanol–water partition coefficient (Wildman–Crippen LogP) is 2.04. The number of aromatic nitrogens is 4. The Labute approximate surface area is 194 Å². The number of rotatable bonds is 8. The summed E-state index contributed by atoms with van der Waals surface area (Å²) in [7, 11) is 0. The highest BCUT2D eigenvalue weighted by molar-refractivity contribution is 5.69. The molecule has 34 heavy (non-hydrogen) atoms. The summed E-state index contributed by atoms with van der Waals surface area (Å²) in [5, 5.41) is 29.4. The Morgan fingerprint density at radius 1 is 1.21 bits per heavy atom. The van der Waals surface area contributed by atoms with E-state index in [-0.39, 0.29) is 23.0 Å². The molecular weight excluding hydrogens is 441 g/mol. The molecule has 174 valence electrons. The lowest BCUT2D eigenvalue weighted by atomic mass is 10.2. The van der Waals surface area contributed by atoms with Crippen molar-refractivity contribution in [3.63, 3.8) is 0 Å². The van der Waals surface area contributed by atoms with Crippen LogP contribution in [0.25, 0.3) is 5.65 Å². The number of nitriles is 2. The van der Waals surface area contributed by atoms with Gasteiger partial charge in [-0.25, -0.2) is 9.37 Å². The van der Waals surface area contributed by atoms with Gasteiger partial charge in [0.05, 0.1) is 30.7 Å². The van der Waals surface area contributed by atoms with Crippen molar-refractivity contribution in [2.24, 2.45) is 0 Å². The van der Waals surface area contributed by atoms with Gasteiger partial charge in [0, 0.05) is 31.7 Å². The maximum absolute atomic E-state index is 14.4. The van der Waals surface area contributed by atoms with E-state index in [1.165, 1.54) is 22.8 Å². The summed E-state index contributed by atoms with van der Waals surface area (Å²) in [4.78, 5) is 11.0. The molecule has 12 heteroatoms. The first-order valence-electron chi connectivity index (χ1n) is 11.0. The average Bonchev–Trinajstić information content (AvgIpc) is 3.57. The zero-order chi connectivity index (χ0) is 23.5. The van der Waals surface area contributed by atoms with E-state index in [4.69, 9.17) is 9.47 Å². The molecule has 2 aromatic heterocycles. The van der Waals surface area contributed by atoms with Gasteiger partial charge in [0.25, 0.3) is 0 Å². The van der Waals surface area contributed by atoms with E-state index in [0.717, 1.165) is 25.9 Å². The fourth-order valence-electron chi connectivity index (χ4n) is 3.62. The molecule has 0 radical (unpaired) electrons. The van der Waals surface area contributed by atoms with Crippen molar-refractivity contribution in [2.45, 2.75) is 18.9 Å². The quantitative estimate of drug-likeness (QED) is 0.510. The normalized spacial score (nSPS) is 16.1. The number of nitrogens with zero attached hydrogens (tertiary/aromatic N) is 7. The second kappa shape index (κ2) is 9.47. The van der Waals surface area contributed by atoms with Crippen molar-refractivity contribution in [1.29, 1.82) is 10.5 Å². The van der Waals surface area contributed by atoms with Crippen LogP contribution in [-0.4, -0.2) is 70.0 Å². The highest BCUT2D eigenvalue weighted by Gasteiger charge is 2.24. The molecule has 2 aliphatic rings. The summed E-state index contributed by atoms with van der Waals surface area (Å²) in [5.74, 6) is 0.192. The fraction of sp³-hybridized carbons (Fsp3) is 0.409. The number of fused-ring (bicyclic) bond motifs is 1. The Morgan fingerprint density at radius 3 is 2.76 bits per heavy atom. The van der Waals surface area contributed by atoms with Gasteiger partial charge in [0.15, 0.2) is 17.2 Å². The third kappa shape index (κ3) is 4.69. The summed E-state index contributed by atoms with van der Waals surface area (Å²) in [6, 6.07) is 6.74. The average molecular weight is 463 g/mol. The minimum absolute atomic E-state index is 0.138. The van der Waals surface area contributed by atoms with Crippen LogP contribution in [-0.2, 0) is 4.74 Å². The highest BCUT2D eigenvalue weighted by Crippen LogP contribution is 2.31. The maximum Gasteiger partial charge on any atom is 0.247 e. The van der Waals surface area contributed by atoms with E-state index in [1.54, 1.807) is 0 Å². The van der Waals surface area contributed by atoms with Gasteiger partial charge in [-0.05, 0) is 18.9 Å². The van der Waals surface area contributed by atoms with E-state index in [1.807, 2.05) is 6.07 Å². The molecule has 0 unspecified atom stereocenters. The first-order chi connectivity index (χ1) is 16.6. The summed E-state index contributed by atoms with van der Waals surface area (Å²) in [6.45, 7) is 3.96. The van der Waals surface area contributed by atoms with Gasteiger partial charge in [0.1, 0.15) is 30.3 Å². The van der Waals surface area contributed by atoms with Crippen molar-refractivity contribution in [3.05, 3.63) is 35.4 Å². The third-order valence-corrected chi connectivity index (χ3v) is 5.60. The Morgan fingerprint density at radius 2 is 2.03 bits per heavy atom. The number of anilines is 3. The zero-order valence-corrected chi connectivity index (χ0v) is 18.3. The maximum atomic E-state index is 14.4. The topological polar surface area (TPSA) is 136 Å². The molecule has 3 aromatic rings. The SMILES string of the molecule is N#Cc1cc(Nc2nc(NC3CC3)c3ncc(C#N)n3n2)c(OCCN2CCOCC2)cc1F. The molecule has 0 bridgehead atoms. The summed E-state index contributed by atoms with van der Waals surface area (Å²) in [6.07, 6.45) is 3.47. The van der Waals surface area contributed by atoms with Crippen molar-refractivity contribution in [1.82, 2.24) is 24.5 Å². The molecule has 11 nitrogen and oxygen atoms in total. The van der Waals surface area contributed by atoms with Crippen molar-refractivity contribution in [2.75, 3.05) is 50.1 Å². The fourth-order valence-corrected chi connectivity index (χ4v) is 3.62. The first-order valence-corrected chi connectivity index (χ1v) is 11.0. The Bertz CT molecular complexity index is 1290. The van der Waals surface area contributed by atoms with E-state index in [0.29, 0.717) is 49.6 Å². The Hall–Kier alpha value is -4.00. The largest absolute Gasteiger partial charge is 0.490 e. The van der Waals surface area contributed by atoms with Crippen molar-refractivity contribution < 1.29 is 13.9 Å². The molecule has 0 atom stereocenters. The Balaban J connectivity index is 1.43. The standard InChI is InChI=1S/C22H22FN9O2/c23-17-10-19(34-8-5-31-3-6-33-7-4-31)18(9-14(17)11-24)28-22-29-20(27-15-1-2-15)21-26-13-16(12-25)32(21)30-22/h9-10,13,15H,1-8H2,(H2,27,28,29,30). The van der Waals surface area contributed by atoms with Crippen LogP contribution in [0.1, 0.15) is 24.1 Å². The van der Waals surface area contributed by atoms with Crippen LogP contribution >= 0.6 is 0 Å². The van der Waals surface area contributed by atoms with Gasteiger partial charge >= 0.3 is 0 Å². The molecule has 1 saturated carbocycles. The second-order valence-electron chi connectivity index (χ2n) is 8.06. The number of imidazole rings is 1. The van der Waals surface area contributed by atoms with Gasteiger partial charge in [-0.2, -0.15) is 20.0 Å².